The lowest BCUT2D eigenvalue weighted by molar-refractivity contribution is 0.0781. The molecule has 1 aromatic carbocycles. The molecule has 7 heteroatoms. The van der Waals surface area contributed by atoms with Gasteiger partial charge >= 0.3 is 0 Å². The summed E-state index contributed by atoms with van der Waals surface area (Å²) in [7, 11) is 0. The van der Waals surface area contributed by atoms with E-state index < -0.39 is 0 Å². The van der Waals surface area contributed by atoms with Crippen molar-refractivity contribution in [1.82, 2.24) is 14.7 Å². The van der Waals surface area contributed by atoms with Crippen LogP contribution in [0, 0.1) is 0 Å². The van der Waals surface area contributed by atoms with Crippen molar-refractivity contribution in [2.45, 2.75) is 32.2 Å². The Bertz CT molecular complexity index is 712. The molecular formula is C17H23ClN4O2. The first-order valence-corrected chi connectivity index (χ1v) is 7.89. The fourth-order valence-electron chi connectivity index (χ4n) is 2.78. The number of benzene rings is 1. The number of carbonyl (C=O) groups excluding carboxylic acids is 1. The van der Waals surface area contributed by atoms with Gasteiger partial charge in [-0.2, -0.15) is 5.10 Å². The summed E-state index contributed by atoms with van der Waals surface area (Å²) in [6.45, 7) is 5.38. The molecule has 2 heterocycles. The third-order valence-corrected chi connectivity index (χ3v) is 4.23. The fraction of sp³-hybridized carbons (Fsp3) is 0.412. The second kappa shape index (κ2) is 7.23. The molecule has 0 bridgehead atoms. The molecule has 0 saturated carbocycles. The summed E-state index contributed by atoms with van der Waals surface area (Å²) in [5.74, 6) is 0.0722. The van der Waals surface area contributed by atoms with Crippen LogP contribution in [0.25, 0.3) is 5.69 Å². The van der Waals surface area contributed by atoms with E-state index in [1.54, 1.807) is 4.90 Å². The van der Waals surface area contributed by atoms with E-state index in [0.29, 0.717) is 19.0 Å². The fourth-order valence-corrected chi connectivity index (χ4v) is 2.78. The summed E-state index contributed by atoms with van der Waals surface area (Å²) in [6, 6.07) is 7.93. The molecule has 0 aliphatic carbocycles. The molecule has 1 aliphatic rings. The van der Waals surface area contributed by atoms with Gasteiger partial charge in [0, 0.05) is 19.1 Å². The number of nitrogens with zero attached hydrogens (tertiary/aromatic N) is 3. The molecular weight excluding hydrogens is 328 g/mol. The van der Waals surface area contributed by atoms with E-state index in [9.17, 15) is 9.90 Å². The first kappa shape index (κ1) is 18.3. The van der Waals surface area contributed by atoms with Crippen molar-refractivity contribution in [3.8, 4) is 11.4 Å². The summed E-state index contributed by atoms with van der Waals surface area (Å²) < 4.78 is 1.53. The number of amides is 1. The molecule has 1 atom stereocenters. The van der Waals surface area contributed by atoms with Crippen molar-refractivity contribution in [3.63, 3.8) is 0 Å². The maximum Gasteiger partial charge on any atom is 0.278 e. The van der Waals surface area contributed by atoms with Crippen molar-refractivity contribution in [3.05, 3.63) is 41.7 Å². The number of nitrogens with two attached hydrogens (primary N) is 1. The maximum atomic E-state index is 12.4. The number of rotatable bonds is 3. The Kier molecular flexibility index (Phi) is 5.51. The zero-order valence-electron chi connectivity index (χ0n) is 13.8. The van der Waals surface area contributed by atoms with Gasteiger partial charge in [-0.05, 0) is 30.0 Å². The molecule has 3 rings (SSSR count). The number of aromatic nitrogens is 2. The maximum absolute atomic E-state index is 12.4. The largest absolute Gasteiger partial charge is 0.504 e. The van der Waals surface area contributed by atoms with Crippen LogP contribution in [-0.2, 0) is 0 Å². The van der Waals surface area contributed by atoms with Gasteiger partial charge in [0.15, 0.2) is 11.4 Å². The molecule has 1 aliphatic heterocycles. The zero-order chi connectivity index (χ0) is 16.6. The Hall–Kier alpha value is -2.05. The van der Waals surface area contributed by atoms with E-state index in [1.165, 1.54) is 16.4 Å². The number of hydrogen-bond acceptors (Lipinski definition) is 4. The third-order valence-electron chi connectivity index (χ3n) is 4.23. The molecule has 1 amide bonds. The third kappa shape index (κ3) is 3.55. The Morgan fingerprint density at radius 1 is 1.33 bits per heavy atom. The van der Waals surface area contributed by atoms with Gasteiger partial charge < -0.3 is 15.7 Å². The lowest BCUT2D eigenvalue weighted by atomic mass is 10.0. The summed E-state index contributed by atoms with van der Waals surface area (Å²) in [5, 5.41) is 14.3. The van der Waals surface area contributed by atoms with E-state index in [4.69, 9.17) is 5.73 Å². The quantitative estimate of drug-likeness (QED) is 0.889. The lowest BCUT2D eigenvalue weighted by Crippen LogP contribution is -2.32. The monoisotopic (exact) mass is 350 g/mol. The van der Waals surface area contributed by atoms with Gasteiger partial charge in [-0.3, -0.25) is 4.79 Å². The smallest absolute Gasteiger partial charge is 0.278 e. The van der Waals surface area contributed by atoms with Gasteiger partial charge in [0.25, 0.3) is 5.91 Å². The van der Waals surface area contributed by atoms with Crippen LogP contribution in [0.5, 0.6) is 5.75 Å². The lowest BCUT2D eigenvalue weighted by Gasteiger charge is -2.13. The SMILES string of the molecule is CC(C)c1ccc(-n2cc(O)c(C(=O)N3CC[C@@H](N)C3)n2)cc1.Cl. The normalized spacial score (nSPS) is 17.2. The highest BCUT2D eigenvalue weighted by Crippen LogP contribution is 2.23. The average molecular weight is 351 g/mol. The minimum absolute atomic E-state index is 0. The van der Waals surface area contributed by atoms with Crippen LogP contribution in [0.3, 0.4) is 0 Å². The van der Waals surface area contributed by atoms with Crippen molar-refractivity contribution >= 4 is 18.3 Å². The van der Waals surface area contributed by atoms with Crippen molar-refractivity contribution in [2.75, 3.05) is 13.1 Å². The highest BCUT2D eigenvalue weighted by Gasteiger charge is 2.28. The molecule has 1 aromatic heterocycles. The van der Waals surface area contributed by atoms with Gasteiger partial charge in [-0.15, -0.1) is 12.4 Å². The summed E-state index contributed by atoms with van der Waals surface area (Å²) >= 11 is 0. The second-order valence-corrected chi connectivity index (χ2v) is 6.35. The minimum atomic E-state index is -0.270. The van der Waals surface area contributed by atoms with Crippen LogP contribution in [0.4, 0.5) is 0 Å². The Labute approximate surface area is 147 Å². The molecule has 24 heavy (non-hydrogen) atoms. The molecule has 0 radical (unpaired) electrons. The Morgan fingerprint density at radius 3 is 2.54 bits per heavy atom. The predicted molar refractivity (Wildman–Crippen MR) is 95.1 cm³/mol. The van der Waals surface area contributed by atoms with E-state index in [-0.39, 0.29) is 35.8 Å². The minimum Gasteiger partial charge on any atom is -0.504 e. The summed E-state index contributed by atoms with van der Waals surface area (Å²) in [5.41, 5.74) is 7.94. The zero-order valence-corrected chi connectivity index (χ0v) is 14.7. The van der Waals surface area contributed by atoms with E-state index in [2.05, 4.69) is 18.9 Å². The molecule has 130 valence electrons. The van der Waals surface area contributed by atoms with Crippen molar-refractivity contribution in [2.24, 2.45) is 5.73 Å². The molecule has 0 spiro atoms. The van der Waals surface area contributed by atoms with Gasteiger partial charge in [0.1, 0.15) is 0 Å². The van der Waals surface area contributed by atoms with Crippen LogP contribution in [0.15, 0.2) is 30.5 Å². The van der Waals surface area contributed by atoms with E-state index in [1.807, 2.05) is 24.3 Å². The van der Waals surface area contributed by atoms with Gasteiger partial charge in [-0.25, -0.2) is 4.68 Å². The number of hydrogen-bond donors (Lipinski definition) is 2. The molecule has 2 aromatic rings. The van der Waals surface area contributed by atoms with Crippen molar-refractivity contribution < 1.29 is 9.90 Å². The second-order valence-electron chi connectivity index (χ2n) is 6.35. The molecule has 6 nitrogen and oxygen atoms in total. The van der Waals surface area contributed by atoms with Crippen LogP contribution < -0.4 is 5.73 Å². The Morgan fingerprint density at radius 2 is 2.00 bits per heavy atom. The van der Waals surface area contributed by atoms with Gasteiger partial charge in [0.05, 0.1) is 11.9 Å². The predicted octanol–water partition coefficient (Wildman–Crippen LogP) is 2.30. The highest BCUT2D eigenvalue weighted by atomic mass is 35.5. The summed E-state index contributed by atoms with van der Waals surface area (Å²) in [6.07, 6.45) is 2.25. The standard InChI is InChI=1S/C17H22N4O2.ClH/c1-11(2)12-3-5-14(6-4-12)21-10-15(22)16(19-21)17(23)20-8-7-13(18)9-20;/h3-6,10-11,13,22H,7-9,18H2,1-2H3;1H/t13-;/m1./s1. The number of aromatic hydroxyl groups is 1. The van der Waals surface area contributed by atoms with Gasteiger partial charge in [-0.1, -0.05) is 26.0 Å². The Balaban J connectivity index is 0.00000208. The molecule has 0 unspecified atom stereocenters. The number of halogens is 1. The topological polar surface area (TPSA) is 84.4 Å². The van der Waals surface area contributed by atoms with E-state index in [0.717, 1.165) is 12.1 Å². The average Bonchev–Trinajstić information content (AvgIpc) is 3.13. The van der Waals surface area contributed by atoms with Crippen LogP contribution >= 0.6 is 12.4 Å². The van der Waals surface area contributed by atoms with Gasteiger partial charge in [0.2, 0.25) is 0 Å². The first-order valence-electron chi connectivity index (χ1n) is 7.89. The number of carbonyl (C=O) groups is 1. The van der Waals surface area contributed by atoms with E-state index >= 15 is 0 Å². The highest BCUT2D eigenvalue weighted by molar-refractivity contribution is 5.95. The van der Waals surface area contributed by atoms with Crippen LogP contribution in [0.2, 0.25) is 0 Å². The first-order chi connectivity index (χ1) is 11.0. The van der Waals surface area contributed by atoms with Crippen LogP contribution in [-0.4, -0.2) is 44.8 Å². The van der Waals surface area contributed by atoms with Crippen molar-refractivity contribution in [1.29, 1.82) is 0 Å². The molecule has 1 fully saturated rings. The molecule has 3 N–H and O–H groups in total. The van der Waals surface area contributed by atoms with Crippen LogP contribution in [0.1, 0.15) is 42.2 Å². The molecule has 1 saturated heterocycles. The number of likely N-dealkylation sites (tertiary alicyclic amines) is 1. The summed E-state index contributed by atoms with van der Waals surface area (Å²) in [4.78, 5) is 14.1.